The van der Waals surface area contributed by atoms with E-state index >= 15 is 0 Å². The Labute approximate surface area is 113 Å². The molecule has 2 nitrogen and oxygen atoms in total. The smallest absolute Gasteiger partial charge is 0.122 e. The summed E-state index contributed by atoms with van der Waals surface area (Å²) in [5.74, 6) is 0.902. The molecule has 0 amide bonds. The number of rotatable bonds is 7. The van der Waals surface area contributed by atoms with E-state index in [2.05, 4.69) is 20.4 Å². The molecule has 0 N–H and O–H groups in total. The summed E-state index contributed by atoms with van der Waals surface area (Å²) in [7, 11) is 0. The fourth-order valence-corrected chi connectivity index (χ4v) is 1.33. The first-order chi connectivity index (χ1) is 7.76. The first kappa shape index (κ1) is 19.1. The summed E-state index contributed by atoms with van der Waals surface area (Å²) < 4.78 is 11.2. The summed E-state index contributed by atoms with van der Waals surface area (Å²) in [6.07, 6.45) is 2.80. The third-order valence-electron chi connectivity index (χ3n) is 2.32. The van der Waals surface area contributed by atoms with Crippen LogP contribution in [0.15, 0.2) is 36.9 Å². The minimum Gasteiger partial charge on any atom is -0.488 e. The van der Waals surface area contributed by atoms with Crippen LogP contribution >= 0.6 is 0 Å². The third kappa shape index (κ3) is 7.13. The first-order valence-electron chi connectivity index (χ1n) is 5.68. The second-order valence-corrected chi connectivity index (χ2v) is 3.79. The van der Waals surface area contributed by atoms with E-state index in [1.165, 1.54) is 5.56 Å². The normalized spacial score (nSPS) is 10.8. The molecule has 0 fully saturated rings. The van der Waals surface area contributed by atoms with Crippen molar-refractivity contribution in [3.8, 4) is 5.75 Å². The predicted octanol–water partition coefficient (Wildman–Crippen LogP) is 4.63. The zero-order chi connectivity index (χ0) is 11.8. The second kappa shape index (κ2) is 10.8. The molecule has 0 heterocycles. The van der Waals surface area contributed by atoms with Gasteiger partial charge in [-0.05, 0) is 25.5 Å². The van der Waals surface area contributed by atoms with Crippen LogP contribution in [0.1, 0.15) is 33.8 Å². The summed E-state index contributed by atoms with van der Waals surface area (Å²) in [6, 6.07) is 8.08. The average Bonchev–Trinajstić information content (AvgIpc) is 2.31. The van der Waals surface area contributed by atoms with Crippen LogP contribution in [0.5, 0.6) is 5.75 Å². The number of hydrogen-bond donors (Lipinski definition) is 0. The van der Waals surface area contributed by atoms with Crippen molar-refractivity contribution in [3.05, 3.63) is 42.5 Å². The Balaban J connectivity index is 0. The van der Waals surface area contributed by atoms with Crippen molar-refractivity contribution in [2.45, 2.75) is 41.2 Å². The second-order valence-electron chi connectivity index (χ2n) is 3.79. The molecular weight excluding hydrogens is 224 g/mol. The number of hydrogen-bond acceptors (Lipinski definition) is 2. The molecule has 1 rings (SSSR count). The van der Waals surface area contributed by atoms with E-state index in [1.54, 1.807) is 6.08 Å². The highest BCUT2D eigenvalue weighted by Gasteiger charge is 2.07. The number of benzene rings is 1. The van der Waals surface area contributed by atoms with E-state index in [0.717, 1.165) is 12.2 Å². The standard InChI is InChI=1S/C14H20O2.2CH4/c1-4-10-15-11-13(5-2)16-14-8-6-12(3)7-9-14;;/h4,6-9,13H,1,5,10-11H2,2-3H3;2*1H4. The van der Waals surface area contributed by atoms with Gasteiger partial charge in [0.15, 0.2) is 0 Å². The molecule has 0 radical (unpaired) electrons. The van der Waals surface area contributed by atoms with Gasteiger partial charge in [0.05, 0.1) is 13.2 Å². The zero-order valence-electron chi connectivity index (χ0n) is 10.1. The first-order valence-corrected chi connectivity index (χ1v) is 5.68. The van der Waals surface area contributed by atoms with Crippen molar-refractivity contribution in [1.29, 1.82) is 0 Å². The summed E-state index contributed by atoms with van der Waals surface area (Å²) in [5.41, 5.74) is 1.24. The van der Waals surface area contributed by atoms with Crippen molar-refractivity contribution in [1.82, 2.24) is 0 Å². The van der Waals surface area contributed by atoms with Crippen LogP contribution in [0, 0.1) is 6.92 Å². The molecule has 1 unspecified atom stereocenters. The van der Waals surface area contributed by atoms with Gasteiger partial charge in [0.25, 0.3) is 0 Å². The molecule has 1 aromatic rings. The van der Waals surface area contributed by atoms with Gasteiger partial charge in [-0.2, -0.15) is 0 Å². The Morgan fingerprint density at radius 3 is 2.33 bits per heavy atom. The molecule has 1 aromatic carbocycles. The quantitative estimate of drug-likeness (QED) is 0.520. The minimum absolute atomic E-state index is 0. The lowest BCUT2D eigenvalue weighted by molar-refractivity contribution is 0.0620. The van der Waals surface area contributed by atoms with Gasteiger partial charge in [-0.1, -0.05) is 45.5 Å². The molecule has 1 atom stereocenters. The molecular formula is C16H28O2. The van der Waals surface area contributed by atoms with Gasteiger partial charge in [-0.25, -0.2) is 0 Å². The minimum atomic E-state index is 0. The largest absolute Gasteiger partial charge is 0.488 e. The van der Waals surface area contributed by atoms with Crippen LogP contribution in [-0.2, 0) is 4.74 Å². The topological polar surface area (TPSA) is 18.5 Å². The number of aryl methyl sites for hydroxylation is 1. The molecule has 0 bridgehead atoms. The molecule has 0 aliphatic heterocycles. The maximum absolute atomic E-state index is 5.81. The molecule has 0 aliphatic carbocycles. The Morgan fingerprint density at radius 2 is 1.83 bits per heavy atom. The molecule has 0 saturated heterocycles. The molecule has 0 spiro atoms. The van der Waals surface area contributed by atoms with E-state index < -0.39 is 0 Å². The maximum atomic E-state index is 5.81. The molecule has 0 aliphatic rings. The van der Waals surface area contributed by atoms with Gasteiger partial charge in [-0.3, -0.25) is 0 Å². The van der Waals surface area contributed by atoms with Gasteiger partial charge in [0, 0.05) is 0 Å². The lowest BCUT2D eigenvalue weighted by atomic mass is 10.2. The van der Waals surface area contributed by atoms with Crippen LogP contribution in [0.25, 0.3) is 0 Å². The zero-order valence-corrected chi connectivity index (χ0v) is 10.1. The van der Waals surface area contributed by atoms with E-state index in [4.69, 9.17) is 9.47 Å². The van der Waals surface area contributed by atoms with Crippen molar-refractivity contribution >= 4 is 0 Å². The Bertz CT molecular complexity index is 303. The maximum Gasteiger partial charge on any atom is 0.122 e. The van der Waals surface area contributed by atoms with Crippen molar-refractivity contribution in [2.24, 2.45) is 0 Å². The monoisotopic (exact) mass is 252 g/mol. The molecule has 0 aromatic heterocycles. The SMILES string of the molecule is C.C.C=CCOCC(CC)Oc1ccc(C)cc1. The van der Waals surface area contributed by atoms with Crippen LogP contribution < -0.4 is 4.74 Å². The van der Waals surface area contributed by atoms with Crippen molar-refractivity contribution in [3.63, 3.8) is 0 Å². The molecule has 18 heavy (non-hydrogen) atoms. The van der Waals surface area contributed by atoms with Crippen molar-refractivity contribution < 1.29 is 9.47 Å². The molecule has 104 valence electrons. The lowest BCUT2D eigenvalue weighted by Gasteiger charge is -2.17. The third-order valence-corrected chi connectivity index (χ3v) is 2.32. The lowest BCUT2D eigenvalue weighted by Crippen LogP contribution is -2.22. The fourth-order valence-electron chi connectivity index (χ4n) is 1.33. The predicted molar refractivity (Wildman–Crippen MR) is 80.4 cm³/mol. The van der Waals surface area contributed by atoms with E-state index in [-0.39, 0.29) is 21.0 Å². The van der Waals surface area contributed by atoms with Gasteiger partial charge < -0.3 is 9.47 Å². The fraction of sp³-hybridized carbons (Fsp3) is 0.500. The van der Waals surface area contributed by atoms with E-state index in [0.29, 0.717) is 13.2 Å². The van der Waals surface area contributed by atoms with Gasteiger partial charge in [0.2, 0.25) is 0 Å². The number of ether oxygens (including phenoxy) is 2. The Kier molecular flexibility index (Phi) is 11.5. The highest BCUT2D eigenvalue weighted by Crippen LogP contribution is 2.14. The van der Waals surface area contributed by atoms with E-state index in [9.17, 15) is 0 Å². The Morgan fingerprint density at radius 1 is 1.22 bits per heavy atom. The highest BCUT2D eigenvalue weighted by atomic mass is 16.5. The summed E-state index contributed by atoms with van der Waals surface area (Å²) in [6.45, 7) is 8.95. The van der Waals surface area contributed by atoms with Crippen molar-refractivity contribution in [2.75, 3.05) is 13.2 Å². The molecule has 2 heteroatoms. The van der Waals surface area contributed by atoms with Gasteiger partial charge in [-0.15, -0.1) is 6.58 Å². The Hall–Kier alpha value is -1.28. The van der Waals surface area contributed by atoms with Crippen LogP contribution in [0.2, 0.25) is 0 Å². The summed E-state index contributed by atoms with van der Waals surface area (Å²) in [5, 5.41) is 0. The van der Waals surface area contributed by atoms with Crippen LogP contribution in [0.4, 0.5) is 0 Å². The summed E-state index contributed by atoms with van der Waals surface area (Å²) in [4.78, 5) is 0. The van der Waals surface area contributed by atoms with Crippen LogP contribution in [0.3, 0.4) is 0 Å². The molecule has 0 saturated carbocycles. The van der Waals surface area contributed by atoms with E-state index in [1.807, 2.05) is 24.3 Å². The van der Waals surface area contributed by atoms with Gasteiger partial charge >= 0.3 is 0 Å². The average molecular weight is 252 g/mol. The van der Waals surface area contributed by atoms with Crippen LogP contribution in [-0.4, -0.2) is 19.3 Å². The summed E-state index contributed by atoms with van der Waals surface area (Å²) >= 11 is 0. The highest BCUT2D eigenvalue weighted by molar-refractivity contribution is 5.26. The van der Waals surface area contributed by atoms with Gasteiger partial charge in [0.1, 0.15) is 11.9 Å².